The van der Waals surface area contributed by atoms with Crippen molar-refractivity contribution < 1.29 is 9.53 Å². The van der Waals surface area contributed by atoms with E-state index in [0.717, 1.165) is 47.2 Å². The summed E-state index contributed by atoms with van der Waals surface area (Å²) in [7, 11) is 1.66. The van der Waals surface area contributed by atoms with Crippen LogP contribution in [0.5, 0.6) is 5.75 Å². The number of aromatic nitrogens is 3. The lowest BCUT2D eigenvalue weighted by Crippen LogP contribution is -2.35. The van der Waals surface area contributed by atoms with Crippen molar-refractivity contribution in [1.29, 1.82) is 5.26 Å². The summed E-state index contributed by atoms with van der Waals surface area (Å²) in [6, 6.07) is 13.8. The number of benzene rings is 1. The number of hydrogen-bond donors (Lipinski definition) is 0. The van der Waals surface area contributed by atoms with E-state index in [1.807, 2.05) is 36.4 Å². The molecule has 2 heterocycles. The molecule has 0 radical (unpaired) electrons. The minimum Gasteiger partial charge on any atom is -0.497 e. The lowest BCUT2D eigenvalue weighted by Gasteiger charge is -2.25. The molecule has 184 valence electrons. The molecule has 0 saturated heterocycles. The van der Waals surface area contributed by atoms with Crippen molar-refractivity contribution in [2.75, 3.05) is 31.6 Å². The highest BCUT2D eigenvalue weighted by Crippen LogP contribution is 2.22. The largest absolute Gasteiger partial charge is 0.497 e. The number of anilines is 1. The van der Waals surface area contributed by atoms with Gasteiger partial charge in [-0.15, -0.1) is 0 Å². The van der Waals surface area contributed by atoms with E-state index >= 15 is 0 Å². The SMILES string of the molecule is CCCCN(CCC(=O)N(CCC#N)Cc1cccnc1)c1nc(Cc2cccc(OC)c2)ns1. The maximum atomic E-state index is 13.1. The van der Waals surface area contributed by atoms with Gasteiger partial charge in [-0.25, -0.2) is 4.98 Å². The van der Waals surface area contributed by atoms with Gasteiger partial charge in [0, 0.05) is 62.9 Å². The standard InChI is InChI=1S/C26H32N6O2S/c1-3-4-14-31(26-29-24(30-35-26)18-21-8-5-10-23(17-21)34-2)16-11-25(33)32(15-7-12-27)20-22-9-6-13-28-19-22/h5-6,8-10,13,17,19H,3-4,7,11,14-16,18,20H2,1-2H3. The molecule has 0 bridgehead atoms. The summed E-state index contributed by atoms with van der Waals surface area (Å²) in [5, 5.41) is 9.87. The molecule has 3 aromatic rings. The van der Waals surface area contributed by atoms with E-state index < -0.39 is 0 Å². The number of methoxy groups -OCH3 is 1. The van der Waals surface area contributed by atoms with Gasteiger partial charge in [0.15, 0.2) is 0 Å². The van der Waals surface area contributed by atoms with Gasteiger partial charge >= 0.3 is 0 Å². The zero-order valence-corrected chi connectivity index (χ0v) is 21.2. The van der Waals surface area contributed by atoms with Crippen LogP contribution >= 0.6 is 11.5 Å². The number of carbonyl (C=O) groups is 1. The Morgan fingerprint density at radius 1 is 1.17 bits per heavy atom. The molecule has 0 N–H and O–H groups in total. The lowest BCUT2D eigenvalue weighted by molar-refractivity contribution is -0.131. The van der Waals surface area contributed by atoms with Gasteiger partial charge in [-0.1, -0.05) is 31.5 Å². The zero-order chi connectivity index (χ0) is 24.9. The predicted octanol–water partition coefficient (Wildman–Crippen LogP) is 4.47. The molecule has 0 fully saturated rings. The van der Waals surface area contributed by atoms with Gasteiger partial charge in [0.05, 0.1) is 19.6 Å². The Hall–Kier alpha value is -3.51. The molecular formula is C26H32N6O2S. The molecule has 0 aliphatic carbocycles. The molecule has 8 nitrogen and oxygen atoms in total. The van der Waals surface area contributed by atoms with E-state index in [2.05, 4.69) is 27.3 Å². The van der Waals surface area contributed by atoms with Crippen molar-refractivity contribution >= 4 is 22.6 Å². The Kier molecular flexibility index (Phi) is 10.5. The van der Waals surface area contributed by atoms with Crippen LogP contribution in [0, 0.1) is 11.3 Å². The molecule has 0 unspecified atom stereocenters. The fourth-order valence-corrected chi connectivity index (χ4v) is 4.38. The van der Waals surface area contributed by atoms with Crippen LogP contribution in [-0.4, -0.2) is 51.9 Å². The van der Waals surface area contributed by atoms with Crippen molar-refractivity contribution in [3.8, 4) is 11.8 Å². The highest BCUT2D eigenvalue weighted by atomic mass is 32.1. The van der Waals surface area contributed by atoms with E-state index in [-0.39, 0.29) is 5.91 Å². The van der Waals surface area contributed by atoms with Crippen LogP contribution in [-0.2, 0) is 17.8 Å². The minimum absolute atomic E-state index is 0.0201. The summed E-state index contributed by atoms with van der Waals surface area (Å²) in [6.07, 6.45) is 6.80. The van der Waals surface area contributed by atoms with E-state index in [0.29, 0.717) is 38.9 Å². The summed E-state index contributed by atoms with van der Waals surface area (Å²) in [4.78, 5) is 25.9. The third-order valence-corrected chi connectivity index (χ3v) is 6.36. The number of hydrogen-bond acceptors (Lipinski definition) is 8. The fraction of sp³-hybridized carbons (Fsp3) is 0.423. The Morgan fingerprint density at radius 3 is 2.77 bits per heavy atom. The number of carbonyl (C=O) groups excluding carboxylic acids is 1. The molecule has 0 aliphatic rings. The monoisotopic (exact) mass is 492 g/mol. The number of rotatable bonds is 14. The number of nitriles is 1. The minimum atomic E-state index is 0.0201. The summed E-state index contributed by atoms with van der Waals surface area (Å²) >= 11 is 1.37. The van der Waals surface area contributed by atoms with Crippen LogP contribution in [0.25, 0.3) is 0 Å². The second kappa shape index (κ2) is 14.0. The summed E-state index contributed by atoms with van der Waals surface area (Å²) in [5.74, 6) is 1.60. The maximum absolute atomic E-state index is 13.1. The van der Waals surface area contributed by atoms with Gasteiger partial charge in [0.25, 0.3) is 0 Å². The van der Waals surface area contributed by atoms with Crippen molar-refractivity contribution in [3.05, 3.63) is 65.7 Å². The zero-order valence-electron chi connectivity index (χ0n) is 20.4. The van der Waals surface area contributed by atoms with E-state index in [9.17, 15) is 4.79 Å². The molecule has 9 heteroatoms. The first-order valence-corrected chi connectivity index (χ1v) is 12.6. The molecule has 0 saturated carbocycles. The lowest BCUT2D eigenvalue weighted by atomic mass is 10.1. The first-order chi connectivity index (χ1) is 17.1. The normalized spacial score (nSPS) is 10.5. The average molecular weight is 493 g/mol. The summed E-state index contributed by atoms with van der Waals surface area (Å²) < 4.78 is 9.88. The molecule has 2 aromatic heterocycles. The van der Waals surface area contributed by atoms with Crippen molar-refractivity contribution in [3.63, 3.8) is 0 Å². The number of amides is 1. The predicted molar refractivity (Wildman–Crippen MR) is 137 cm³/mol. The van der Waals surface area contributed by atoms with Crippen LogP contribution in [0.2, 0.25) is 0 Å². The highest BCUT2D eigenvalue weighted by Gasteiger charge is 2.18. The van der Waals surface area contributed by atoms with Crippen LogP contribution in [0.3, 0.4) is 0 Å². The number of ether oxygens (including phenoxy) is 1. The van der Waals surface area contributed by atoms with Gasteiger partial charge in [0.2, 0.25) is 11.0 Å². The topological polar surface area (TPSA) is 95.2 Å². The first-order valence-electron chi connectivity index (χ1n) is 11.9. The van der Waals surface area contributed by atoms with Gasteiger partial charge in [0.1, 0.15) is 11.6 Å². The Balaban J connectivity index is 1.65. The molecule has 1 amide bonds. The van der Waals surface area contributed by atoms with Crippen LogP contribution in [0.4, 0.5) is 5.13 Å². The Labute approximate surface area is 211 Å². The molecule has 0 atom stereocenters. The maximum Gasteiger partial charge on any atom is 0.224 e. The second-order valence-corrected chi connectivity index (χ2v) is 8.93. The Bertz CT molecular complexity index is 1100. The first kappa shape index (κ1) is 26.1. The van der Waals surface area contributed by atoms with Crippen LogP contribution in [0.1, 0.15) is 49.6 Å². The summed E-state index contributed by atoms with van der Waals surface area (Å²) in [5.41, 5.74) is 2.04. The van der Waals surface area contributed by atoms with Crippen molar-refractivity contribution in [2.24, 2.45) is 0 Å². The Morgan fingerprint density at radius 2 is 2.03 bits per heavy atom. The van der Waals surface area contributed by atoms with E-state index in [1.165, 1.54) is 11.5 Å². The quantitative estimate of drug-likeness (QED) is 0.328. The highest BCUT2D eigenvalue weighted by molar-refractivity contribution is 7.09. The van der Waals surface area contributed by atoms with Gasteiger partial charge in [-0.2, -0.15) is 9.64 Å². The van der Waals surface area contributed by atoms with Crippen molar-refractivity contribution in [1.82, 2.24) is 19.2 Å². The second-order valence-electron chi connectivity index (χ2n) is 8.20. The number of pyridine rings is 1. The number of nitrogens with zero attached hydrogens (tertiary/aromatic N) is 6. The van der Waals surface area contributed by atoms with E-state index in [1.54, 1.807) is 24.4 Å². The molecule has 0 aliphatic heterocycles. The summed E-state index contributed by atoms with van der Waals surface area (Å²) in [6.45, 7) is 4.38. The molecule has 3 rings (SSSR count). The molecular weight excluding hydrogens is 460 g/mol. The third kappa shape index (κ3) is 8.34. The molecule has 0 spiro atoms. The van der Waals surface area contributed by atoms with Crippen LogP contribution in [0.15, 0.2) is 48.8 Å². The molecule has 35 heavy (non-hydrogen) atoms. The average Bonchev–Trinajstić information content (AvgIpc) is 3.35. The van der Waals surface area contributed by atoms with E-state index in [4.69, 9.17) is 15.0 Å². The van der Waals surface area contributed by atoms with Gasteiger partial charge in [-0.3, -0.25) is 9.78 Å². The third-order valence-electron chi connectivity index (χ3n) is 5.54. The van der Waals surface area contributed by atoms with Gasteiger partial charge < -0.3 is 14.5 Å². The fourth-order valence-electron chi connectivity index (χ4n) is 3.64. The van der Waals surface area contributed by atoms with Crippen LogP contribution < -0.4 is 9.64 Å². The molecule has 1 aromatic carbocycles. The smallest absolute Gasteiger partial charge is 0.224 e. The van der Waals surface area contributed by atoms with Crippen molar-refractivity contribution in [2.45, 2.75) is 45.6 Å². The number of unbranched alkanes of at least 4 members (excludes halogenated alkanes) is 1. The van der Waals surface area contributed by atoms with Gasteiger partial charge in [-0.05, 0) is 35.7 Å².